The third-order valence-electron chi connectivity index (χ3n) is 1.86. The Labute approximate surface area is 88.1 Å². The Bertz CT molecular complexity index is 345. The van der Waals surface area contributed by atoms with Gasteiger partial charge in [0.2, 0.25) is 0 Å². The quantitative estimate of drug-likeness (QED) is 0.811. The van der Waals surface area contributed by atoms with Crippen molar-refractivity contribution in [2.45, 2.75) is 33.3 Å². The zero-order valence-corrected chi connectivity index (χ0v) is 9.02. The molecular formula is C10H14N2O3. The van der Waals surface area contributed by atoms with Crippen molar-refractivity contribution in [1.82, 2.24) is 9.97 Å². The van der Waals surface area contributed by atoms with Crippen LogP contribution in [0.15, 0.2) is 6.07 Å². The number of hydrogen-bond acceptors (Lipinski definition) is 4. The van der Waals surface area contributed by atoms with Crippen LogP contribution in [0.3, 0.4) is 0 Å². The van der Waals surface area contributed by atoms with Gasteiger partial charge in [0.15, 0.2) is 6.10 Å². The fourth-order valence-electron chi connectivity index (χ4n) is 1.18. The first-order chi connectivity index (χ1) is 7.02. The number of aromatic nitrogens is 2. The second-order valence-corrected chi connectivity index (χ2v) is 3.29. The van der Waals surface area contributed by atoms with Crippen LogP contribution in [0.1, 0.15) is 24.7 Å². The van der Waals surface area contributed by atoms with E-state index in [1.54, 1.807) is 13.0 Å². The van der Waals surface area contributed by atoms with Crippen LogP contribution in [0.25, 0.3) is 0 Å². The molecule has 0 aliphatic carbocycles. The number of carbonyl (C=O) groups is 1. The van der Waals surface area contributed by atoms with Crippen molar-refractivity contribution in [2.75, 3.05) is 0 Å². The van der Waals surface area contributed by atoms with Gasteiger partial charge in [-0.15, -0.1) is 0 Å². The molecule has 1 N–H and O–H groups in total. The van der Waals surface area contributed by atoms with E-state index in [0.717, 1.165) is 11.4 Å². The smallest absolute Gasteiger partial charge is 0.345 e. The lowest BCUT2D eigenvalue weighted by Gasteiger charge is -2.11. The molecule has 5 heteroatoms. The molecule has 0 fully saturated rings. The van der Waals surface area contributed by atoms with E-state index in [2.05, 4.69) is 9.97 Å². The summed E-state index contributed by atoms with van der Waals surface area (Å²) in [6.07, 6.45) is -0.503. The van der Waals surface area contributed by atoms with Gasteiger partial charge >= 0.3 is 12.0 Å². The molecule has 15 heavy (non-hydrogen) atoms. The van der Waals surface area contributed by atoms with Crippen molar-refractivity contribution in [2.24, 2.45) is 0 Å². The fourth-order valence-corrected chi connectivity index (χ4v) is 1.18. The Balaban J connectivity index is 2.83. The van der Waals surface area contributed by atoms with Gasteiger partial charge in [0.25, 0.3) is 0 Å². The average molecular weight is 210 g/mol. The predicted molar refractivity (Wildman–Crippen MR) is 53.8 cm³/mol. The van der Waals surface area contributed by atoms with E-state index < -0.39 is 12.1 Å². The summed E-state index contributed by atoms with van der Waals surface area (Å²) < 4.78 is 5.16. The Morgan fingerprint density at radius 3 is 2.40 bits per heavy atom. The third-order valence-corrected chi connectivity index (χ3v) is 1.86. The van der Waals surface area contributed by atoms with Gasteiger partial charge < -0.3 is 9.84 Å². The van der Waals surface area contributed by atoms with Gasteiger partial charge in [-0.2, -0.15) is 0 Å². The normalized spacial score (nSPS) is 12.2. The first-order valence-corrected chi connectivity index (χ1v) is 4.74. The largest absolute Gasteiger partial charge is 0.479 e. The molecule has 0 saturated heterocycles. The van der Waals surface area contributed by atoms with Crippen LogP contribution < -0.4 is 4.74 Å². The van der Waals surface area contributed by atoms with Crippen molar-refractivity contribution in [3.05, 3.63) is 17.5 Å². The maximum Gasteiger partial charge on any atom is 0.345 e. The van der Waals surface area contributed by atoms with Crippen LogP contribution in [0, 0.1) is 13.8 Å². The van der Waals surface area contributed by atoms with Gasteiger partial charge in [-0.1, -0.05) is 6.92 Å². The molecule has 0 saturated carbocycles. The van der Waals surface area contributed by atoms with E-state index in [1.807, 2.05) is 13.8 Å². The number of hydrogen-bond donors (Lipinski definition) is 1. The van der Waals surface area contributed by atoms with Crippen molar-refractivity contribution >= 4 is 5.97 Å². The molecule has 0 bridgehead atoms. The standard InChI is InChI=1S/C10H14N2O3/c1-4-8(9(13)14)15-10-11-6(2)5-7(3)12-10/h5,8H,4H2,1-3H3,(H,13,14). The lowest BCUT2D eigenvalue weighted by atomic mass is 10.3. The summed E-state index contributed by atoms with van der Waals surface area (Å²) in [6, 6.07) is 1.93. The number of carboxylic acids is 1. The summed E-state index contributed by atoms with van der Waals surface area (Å²) >= 11 is 0. The first kappa shape index (κ1) is 11.4. The third kappa shape index (κ3) is 3.19. The van der Waals surface area contributed by atoms with Crippen molar-refractivity contribution in [1.29, 1.82) is 0 Å². The molecule has 1 rings (SSSR count). The number of rotatable bonds is 4. The van der Waals surface area contributed by atoms with Crippen LogP contribution in [0.5, 0.6) is 6.01 Å². The molecule has 0 aliphatic rings. The highest BCUT2D eigenvalue weighted by Gasteiger charge is 2.18. The molecule has 1 aromatic rings. The zero-order valence-electron chi connectivity index (χ0n) is 9.02. The summed E-state index contributed by atoms with van der Waals surface area (Å²) in [5, 5.41) is 8.79. The number of nitrogens with zero attached hydrogens (tertiary/aromatic N) is 2. The molecule has 0 amide bonds. The summed E-state index contributed by atoms with van der Waals surface area (Å²) in [6.45, 7) is 5.36. The summed E-state index contributed by atoms with van der Waals surface area (Å²) in [7, 11) is 0. The van der Waals surface area contributed by atoms with Crippen LogP contribution in [0.4, 0.5) is 0 Å². The molecule has 5 nitrogen and oxygen atoms in total. The minimum absolute atomic E-state index is 0.127. The lowest BCUT2D eigenvalue weighted by molar-refractivity contribution is -0.145. The predicted octanol–water partition coefficient (Wildman–Crippen LogP) is 1.34. The van der Waals surface area contributed by atoms with Gasteiger partial charge in [0, 0.05) is 11.4 Å². The van der Waals surface area contributed by atoms with Crippen LogP contribution in [-0.2, 0) is 4.79 Å². The highest BCUT2D eigenvalue weighted by molar-refractivity contribution is 5.72. The number of ether oxygens (including phenoxy) is 1. The van der Waals surface area contributed by atoms with E-state index >= 15 is 0 Å². The summed E-state index contributed by atoms with van der Waals surface area (Å²) in [5.74, 6) is -1.000. The molecule has 0 aliphatic heterocycles. The molecule has 82 valence electrons. The van der Waals surface area contributed by atoms with E-state index in [-0.39, 0.29) is 6.01 Å². The van der Waals surface area contributed by atoms with Crippen LogP contribution in [0.2, 0.25) is 0 Å². The first-order valence-electron chi connectivity index (χ1n) is 4.74. The highest BCUT2D eigenvalue weighted by Crippen LogP contribution is 2.09. The Morgan fingerprint density at radius 2 is 2.00 bits per heavy atom. The van der Waals surface area contributed by atoms with Crippen LogP contribution >= 0.6 is 0 Å². The minimum Gasteiger partial charge on any atom is -0.479 e. The molecule has 1 heterocycles. The molecule has 1 aromatic heterocycles. The number of aliphatic carboxylic acids is 1. The lowest BCUT2D eigenvalue weighted by Crippen LogP contribution is -2.26. The maximum atomic E-state index is 10.7. The molecular weight excluding hydrogens is 196 g/mol. The number of carboxylic acid groups (broad SMARTS) is 1. The summed E-state index contributed by atoms with van der Waals surface area (Å²) in [5.41, 5.74) is 1.52. The SMILES string of the molecule is CCC(Oc1nc(C)cc(C)n1)C(=O)O. The van der Waals surface area contributed by atoms with Crippen molar-refractivity contribution in [3.63, 3.8) is 0 Å². The second kappa shape index (κ2) is 4.72. The van der Waals surface area contributed by atoms with Gasteiger partial charge in [-0.05, 0) is 26.3 Å². The number of aryl methyl sites for hydroxylation is 2. The fraction of sp³-hybridized carbons (Fsp3) is 0.500. The average Bonchev–Trinajstić information content (AvgIpc) is 2.12. The molecule has 1 atom stereocenters. The second-order valence-electron chi connectivity index (χ2n) is 3.29. The maximum absolute atomic E-state index is 10.7. The van der Waals surface area contributed by atoms with E-state index in [0.29, 0.717) is 6.42 Å². The summed E-state index contributed by atoms with van der Waals surface area (Å²) in [4.78, 5) is 18.7. The van der Waals surface area contributed by atoms with E-state index in [9.17, 15) is 4.79 Å². The molecule has 1 unspecified atom stereocenters. The molecule has 0 radical (unpaired) electrons. The van der Waals surface area contributed by atoms with Crippen LogP contribution in [-0.4, -0.2) is 27.1 Å². The van der Waals surface area contributed by atoms with Gasteiger partial charge in [-0.3, -0.25) is 0 Å². The van der Waals surface area contributed by atoms with E-state index in [4.69, 9.17) is 9.84 Å². The van der Waals surface area contributed by atoms with Gasteiger partial charge in [0.1, 0.15) is 0 Å². The zero-order chi connectivity index (χ0) is 11.4. The Kier molecular flexibility index (Phi) is 3.60. The van der Waals surface area contributed by atoms with Gasteiger partial charge in [0.05, 0.1) is 0 Å². The highest BCUT2D eigenvalue weighted by atomic mass is 16.5. The minimum atomic E-state index is -1.000. The topological polar surface area (TPSA) is 72.3 Å². The monoisotopic (exact) mass is 210 g/mol. The molecule has 0 spiro atoms. The van der Waals surface area contributed by atoms with E-state index in [1.165, 1.54) is 0 Å². The Hall–Kier alpha value is -1.65. The van der Waals surface area contributed by atoms with Crippen molar-refractivity contribution < 1.29 is 14.6 Å². The van der Waals surface area contributed by atoms with Crippen molar-refractivity contribution in [3.8, 4) is 6.01 Å². The van der Waals surface area contributed by atoms with Gasteiger partial charge in [-0.25, -0.2) is 14.8 Å². The molecule has 0 aromatic carbocycles. The Morgan fingerprint density at radius 1 is 1.47 bits per heavy atom.